The molecule has 24 heavy (non-hydrogen) atoms. The first kappa shape index (κ1) is 17.2. The fourth-order valence-electron chi connectivity index (χ4n) is 3.77. The van der Waals surface area contributed by atoms with Crippen LogP contribution in [0, 0.1) is 0 Å². The number of carbonyl (C=O) groups is 1. The van der Waals surface area contributed by atoms with E-state index >= 15 is 0 Å². The molecule has 1 amide bonds. The van der Waals surface area contributed by atoms with Gasteiger partial charge < -0.3 is 14.9 Å². The second-order valence-corrected chi connectivity index (χ2v) is 7.14. The Morgan fingerprint density at radius 2 is 1.79 bits per heavy atom. The summed E-state index contributed by atoms with van der Waals surface area (Å²) in [5.74, 6) is 0.0442. The van der Waals surface area contributed by atoms with Gasteiger partial charge in [-0.1, -0.05) is 0 Å². The summed E-state index contributed by atoms with van der Waals surface area (Å²) < 4.78 is 0. The molecule has 0 bridgehead atoms. The Labute approximate surface area is 144 Å². The Bertz CT molecular complexity index is 550. The molecule has 2 aliphatic rings. The molecule has 2 heterocycles. The van der Waals surface area contributed by atoms with Gasteiger partial charge in [0.2, 0.25) is 0 Å². The van der Waals surface area contributed by atoms with Crippen molar-refractivity contribution >= 4 is 11.6 Å². The minimum absolute atomic E-state index is 0.0127. The Balaban J connectivity index is 1.62. The van der Waals surface area contributed by atoms with Gasteiger partial charge in [0, 0.05) is 50.0 Å². The summed E-state index contributed by atoms with van der Waals surface area (Å²) >= 11 is 0. The van der Waals surface area contributed by atoms with E-state index in [4.69, 9.17) is 0 Å². The molecule has 1 aromatic carbocycles. The summed E-state index contributed by atoms with van der Waals surface area (Å²) in [6.07, 6.45) is 1.88. The van der Waals surface area contributed by atoms with Crippen molar-refractivity contribution in [1.29, 1.82) is 0 Å². The van der Waals surface area contributed by atoms with E-state index in [0.717, 1.165) is 51.1 Å². The number of rotatable bonds is 4. The Morgan fingerprint density at radius 3 is 2.38 bits per heavy atom. The van der Waals surface area contributed by atoms with E-state index in [1.165, 1.54) is 5.69 Å². The first-order chi connectivity index (χ1) is 11.6. The lowest BCUT2D eigenvalue weighted by molar-refractivity contribution is 0.0677. The van der Waals surface area contributed by atoms with E-state index in [1.54, 1.807) is 0 Å². The van der Waals surface area contributed by atoms with Crippen LogP contribution in [-0.2, 0) is 0 Å². The van der Waals surface area contributed by atoms with Gasteiger partial charge in [0.15, 0.2) is 0 Å². The normalized spacial score (nSPS) is 22.4. The van der Waals surface area contributed by atoms with Crippen molar-refractivity contribution in [3.05, 3.63) is 29.8 Å². The highest BCUT2D eigenvalue weighted by Crippen LogP contribution is 2.22. The third-order valence-corrected chi connectivity index (χ3v) is 5.37. The van der Waals surface area contributed by atoms with Crippen LogP contribution >= 0.6 is 0 Å². The minimum atomic E-state index is -0.0127. The van der Waals surface area contributed by atoms with Crippen molar-refractivity contribution in [3.63, 3.8) is 0 Å². The van der Waals surface area contributed by atoms with Crippen LogP contribution < -0.4 is 4.90 Å². The number of aliphatic hydroxyl groups excluding tert-OH is 1. The quantitative estimate of drug-likeness (QED) is 0.914. The van der Waals surface area contributed by atoms with Gasteiger partial charge in [0.1, 0.15) is 0 Å². The van der Waals surface area contributed by atoms with E-state index in [9.17, 15) is 9.90 Å². The van der Waals surface area contributed by atoms with Gasteiger partial charge in [-0.3, -0.25) is 9.69 Å². The lowest BCUT2D eigenvalue weighted by Gasteiger charge is -2.38. The molecule has 0 unspecified atom stereocenters. The molecule has 2 aliphatic heterocycles. The minimum Gasteiger partial charge on any atom is -0.394 e. The van der Waals surface area contributed by atoms with Crippen LogP contribution in [0.4, 0.5) is 5.69 Å². The van der Waals surface area contributed by atoms with Gasteiger partial charge in [-0.15, -0.1) is 0 Å². The molecule has 0 radical (unpaired) electrons. The van der Waals surface area contributed by atoms with E-state index in [-0.39, 0.29) is 18.6 Å². The van der Waals surface area contributed by atoms with Crippen molar-refractivity contribution in [2.45, 2.75) is 38.8 Å². The molecule has 5 heteroatoms. The SMILES string of the molecule is CC(C)N1CCN(c2ccc(C(=O)N3CCC[C@@H]3CO)cc2)CC1. The molecule has 0 saturated carbocycles. The highest BCUT2D eigenvalue weighted by Gasteiger charge is 2.28. The molecule has 0 spiro atoms. The Hall–Kier alpha value is -1.59. The number of amides is 1. The summed E-state index contributed by atoms with van der Waals surface area (Å²) in [7, 11) is 0. The van der Waals surface area contributed by atoms with Crippen LogP contribution in [0.5, 0.6) is 0 Å². The maximum Gasteiger partial charge on any atom is 0.254 e. The maximum atomic E-state index is 12.6. The summed E-state index contributed by atoms with van der Waals surface area (Å²) in [6, 6.07) is 8.57. The zero-order valence-electron chi connectivity index (χ0n) is 14.8. The van der Waals surface area contributed by atoms with Crippen LogP contribution in [-0.4, -0.2) is 72.2 Å². The maximum absolute atomic E-state index is 12.6. The predicted octanol–water partition coefficient (Wildman–Crippen LogP) is 1.81. The number of anilines is 1. The third kappa shape index (κ3) is 3.57. The molecule has 132 valence electrons. The van der Waals surface area contributed by atoms with Gasteiger partial charge in [-0.25, -0.2) is 0 Å². The Morgan fingerprint density at radius 1 is 1.12 bits per heavy atom. The van der Waals surface area contributed by atoms with Crippen LogP contribution in [0.15, 0.2) is 24.3 Å². The average Bonchev–Trinajstić information content (AvgIpc) is 3.10. The van der Waals surface area contributed by atoms with Crippen molar-refractivity contribution < 1.29 is 9.90 Å². The smallest absolute Gasteiger partial charge is 0.254 e. The molecule has 2 saturated heterocycles. The number of carbonyl (C=O) groups excluding carboxylic acids is 1. The molecule has 2 fully saturated rings. The molecule has 3 rings (SSSR count). The lowest BCUT2D eigenvalue weighted by Crippen LogP contribution is -2.48. The lowest BCUT2D eigenvalue weighted by atomic mass is 10.1. The number of piperazine rings is 1. The second kappa shape index (κ2) is 7.53. The molecular formula is C19H29N3O2. The van der Waals surface area contributed by atoms with Gasteiger partial charge in [0.25, 0.3) is 5.91 Å². The van der Waals surface area contributed by atoms with Gasteiger partial charge in [-0.05, 0) is 51.0 Å². The number of nitrogens with zero attached hydrogens (tertiary/aromatic N) is 3. The zero-order valence-corrected chi connectivity index (χ0v) is 14.8. The summed E-state index contributed by atoms with van der Waals surface area (Å²) in [4.78, 5) is 19.3. The number of likely N-dealkylation sites (tertiary alicyclic amines) is 1. The second-order valence-electron chi connectivity index (χ2n) is 7.14. The first-order valence-electron chi connectivity index (χ1n) is 9.11. The van der Waals surface area contributed by atoms with Crippen molar-refractivity contribution in [1.82, 2.24) is 9.80 Å². The van der Waals surface area contributed by atoms with Crippen LogP contribution in [0.1, 0.15) is 37.0 Å². The summed E-state index contributed by atoms with van der Waals surface area (Å²) in [6.45, 7) is 9.54. The fraction of sp³-hybridized carbons (Fsp3) is 0.632. The monoisotopic (exact) mass is 331 g/mol. The van der Waals surface area contributed by atoms with Crippen LogP contribution in [0.2, 0.25) is 0 Å². The van der Waals surface area contributed by atoms with Crippen molar-refractivity contribution in [3.8, 4) is 0 Å². The van der Waals surface area contributed by atoms with Crippen LogP contribution in [0.3, 0.4) is 0 Å². The molecule has 1 N–H and O–H groups in total. The average molecular weight is 331 g/mol. The largest absolute Gasteiger partial charge is 0.394 e. The van der Waals surface area contributed by atoms with Gasteiger partial charge in [-0.2, -0.15) is 0 Å². The Kier molecular flexibility index (Phi) is 5.41. The topological polar surface area (TPSA) is 47.0 Å². The van der Waals surface area contributed by atoms with E-state index < -0.39 is 0 Å². The third-order valence-electron chi connectivity index (χ3n) is 5.37. The van der Waals surface area contributed by atoms with E-state index in [2.05, 4.69) is 35.8 Å². The highest BCUT2D eigenvalue weighted by molar-refractivity contribution is 5.95. The number of benzene rings is 1. The number of hydrogen-bond acceptors (Lipinski definition) is 4. The molecule has 0 aromatic heterocycles. The molecule has 5 nitrogen and oxygen atoms in total. The predicted molar refractivity (Wildman–Crippen MR) is 96.5 cm³/mol. The standard InChI is InChI=1S/C19H29N3O2/c1-15(2)20-10-12-21(13-11-20)17-7-5-16(6-8-17)19(24)22-9-3-4-18(22)14-23/h5-8,15,18,23H,3-4,9-14H2,1-2H3/t18-/m1/s1. The van der Waals surface area contributed by atoms with Crippen molar-refractivity contribution in [2.75, 3.05) is 44.2 Å². The zero-order chi connectivity index (χ0) is 17.1. The molecule has 1 aromatic rings. The molecule has 0 aliphatic carbocycles. The van der Waals surface area contributed by atoms with Crippen molar-refractivity contribution in [2.24, 2.45) is 0 Å². The van der Waals surface area contributed by atoms with E-state index in [1.807, 2.05) is 17.0 Å². The molecule has 1 atom stereocenters. The fourth-order valence-corrected chi connectivity index (χ4v) is 3.77. The highest BCUT2D eigenvalue weighted by atomic mass is 16.3. The number of hydrogen-bond donors (Lipinski definition) is 1. The number of aliphatic hydroxyl groups is 1. The van der Waals surface area contributed by atoms with Gasteiger partial charge in [0.05, 0.1) is 12.6 Å². The first-order valence-corrected chi connectivity index (χ1v) is 9.11. The summed E-state index contributed by atoms with van der Waals surface area (Å²) in [5, 5.41) is 9.40. The van der Waals surface area contributed by atoms with Gasteiger partial charge >= 0.3 is 0 Å². The molecular weight excluding hydrogens is 302 g/mol. The summed E-state index contributed by atoms with van der Waals surface area (Å²) in [5.41, 5.74) is 1.91. The van der Waals surface area contributed by atoms with Crippen LogP contribution in [0.25, 0.3) is 0 Å². The van der Waals surface area contributed by atoms with E-state index in [0.29, 0.717) is 6.04 Å².